The minimum Gasteiger partial charge on any atom is -0.466 e. The molecule has 0 unspecified atom stereocenters. The number of ether oxygens (including phenoxy) is 1. The van der Waals surface area contributed by atoms with E-state index in [9.17, 15) is 0 Å². The van der Waals surface area contributed by atoms with E-state index in [0.717, 1.165) is 29.9 Å². The third kappa shape index (κ3) is 3.10. The van der Waals surface area contributed by atoms with Gasteiger partial charge in [0.1, 0.15) is 11.5 Å². The van der Waals surface area contributed by atoms with Crippen LogP contribution in [-0.2, 0) is 4.74 Å². The molecule has 0 fully saturated rings. The summed E-state index contributed by atoms with van der Waals surface area (Å²) in [6.45, 7) is 8.23. The zero-order valence-electron chi connectivity index (χ0n) is 8.60. The summed E-state index contributed by atoms with van der Waals surface area (Å²) in [4.78, 5) is 0. The minimum atomic E-state index is 0.947. The van der Waals surface area contributed by atoms with Gasteiger partial charge in [-0.25, -0.2) is 0 Å². The van der Waals surface area contributed by atoms with Gasteiger partial charge in [-0.15, -0.1) is 0 Å². The average Bonchev–Trinajstić information content (AvgIpc) is 2.14. The first kappa shape index (κ1) is 10.1. The van der Waals surface area contributed by atoms with Crippen LogP contribution < -0.4 is 0 Å². The molecule has 0 radical (unpaired) electrons. The fourth-order valence-corrected chi connectivity index (χ4v) is 1.33. The van der Waals surface area contributed by atoms with E-state index in [1.54, 1.807) is 0 Å². The van der Waals surface area contributed by atoms with Crippen molar-refractivity contribution < 1.29 is 4.74 Å². The maximum atomic E-state index is 5.67. The maximum absolute atomic E-state index is 5.67. The third-order valence-corrected chi connectivity index (χ3v) is 2.08. The summed E-state index contributed by atoms with van der Waals surface area (Å²) in [5.41, 5.74) is 1.06. The Morgan fingerprint density at radius 2 is 1.92 bits per heavy atom. The Morgan fingerprint density at radius 3 is 2.54 bits per heavy atom. The molecule has 0 aromatic carbocycles. The second-order valence-corrected chi connectivity index (χ2v) is 3.36. The molecular formula is C12H18O. The molecular weight excluding hydrogens is 160 g/mol. The number of hydrogen-bond donors (Lipinski definition) is 0. The first-order valence-electron chi connectivity index (χ1n) is 5.04. The van der Waals surface area contributed by atoms with Crippen LogP contribution in [-0.4, -0.2) is 0 Å². The van der Waals surface area contributed by atoms with Gasteiger partial charge in [0.2, 0.25) is 0 Å². The smallest absolute Gasteiger partial charge is 0.104 e. The summed E-state index contributed by atoms with van der Waals surface area (Å²) in [6, 6.07) is 0. The monoisotopic (exact) mass is 178 g/mol. The SMILES string of the molecule is C=C1C=C(CC)OC(CCCC)=C1. The van der Waals surface area contributed by atoms with Crippen LogP contribution in [0.25, 0.3) is 0 Å². The second-order valence-electron chi connectivity index (χ2n) is 3.36. The summed E-state index contributed by atoms with van der Waals surface area (Å²) in [6.07, 6.45) is 8.42. The molecule has 1 heteroatoms. The maximum Gasteiger partial charge on any atom is 0.104 e. The fourth-order valence-electron chi connectivity index (χ4n) is 1.33. The molecule has 0 aliphatic carbocycles. The van der Waals surface area contributed by atoms with Crippen LogP contribution in [0.5, 0.6) is 0 Å². The highest BCUT2D eigenvalue weighted by molar-refractivity contribution is 5.34. The van der Waals surface area contributed by atoms with Gasteiger partial charge in [0.25, 0.3) is 0 Å². The summed E-state index contributed by atoms with van der Waals surface area (Å²) in [5, 5.41) is 0. The molecule has 0 saturated carbocycles. The van der Waals surface area contributed by atoms with Crippen LogP contribution >= 0.6 is 0 Å². The molecule has 0 amide bonds. The molecule has 0 saturated heterocycles. The van der Waals surface area contributed by atoms with E-state index in [4.69, 9.17) is 4.74 Å². The molecule has 1 aliphatic heterocycles. The predicted octanol–water partition coefficient (Wildman–Crippen LogP) is 3.94. The zero-order chi connectivity index (χ0) is 9.68. The Kier molecular flexibility index (Phi) is 3.81. The van der Waals surface area contributed by atoms with Crippen LogP contribution in [0.4, 0.5) is 0 Å². The van der Waals surface area contributed by atoms with E-state index in [-0.39, 0.29) is 0 Å². The molecule has 72 valence electrons. The largest absolute Gasteiger partial charge is 0.466 e. The van der Waals surface area contributed by atoms with Gasteiger partial charge >= 0.3 is 0 Å². The summed E-state index contributed by atoms with van der Waals surface area (Å²) in [5.74, 6) is 2.12. The minimum absolute atomic E-state index is 0.947. The van der Waals surface area contributed by atoms with Crippen molar-refractivity contribution in [2.75, 3.05) is 0 Å². The number of rotatable bonds is 4. The van der Waals surface area contributed by atoms with Gasteiger partial charge in [0, 0.05) is 12.8 Å². The lowest BCUT2D eigenvalue weighted by Gasteiger charge is -2.16. The second kappa shape index (κ2) is 4.90. The van der Waals surface area contributed by atoms with Crippen molar-refractivity contribution >= 4 is 0 Å². The molecule has 0 atom stereocenters. The van der Waals surface area contributed by atoms with Crippen molar-refractivity contribution in [1.82, 2.24) is 0 Å². The number of hydrogen-bond acceptors (Lipinski definition) is 1. The van der Waals surface area contributed by atoms with Crippen molar-refractivity contribution in [3.63, 3.8) is 0 Å². The van der Waals surface area contributed by atoms with Crippen molar-refractivity contribution in [3.8, 4) is 0 Å². The molecule has 0 aromatic rings. The molecule has 0 bridgehead atoms. The quantitative estimate of drug-likeness (QED) is 0.633. The van der Waals surface area contributed by atoms with Gasteiger partial charge < -0.3 is 4.74 Å². The standard InChI is InChI=1S/C12H18O/c1-4-6-7-12-9-10(3)8-11(5-2)13-12/h8-9H,3-7H2,1-2H3. The molecule has 1 heterocycles. The predicted molar refractivity (Wildman–Crippen MR) is 56.2 cm³/mol. The summed E-state index contributed by atoms with van der Waals surface area (Å²) < 4.78 is 5.67. The molecule has 1 rings (SSSR count). The van der Waals surface area contributed by atoms with Gasteiger partial charge in [0.15, 0.2) is 0 Å². The molecule has 1 nitrogen and oxygen atoms in total. The fraction of sp³-hybridized carbons (Fsp3) is 0.500. The lowest BCUT2D eigenvalue weighted by Crippen LogP contribution is -1.98. The van der Waals surface area contributed by atoms with Crippen LogP contribution in [0.2, 0.25) is 0 Å². The van der Waals surface area contributed by atoms with Crippen LogP contribution in [0.1, 0.15) is 39.5 Å². The Morgan fingerprint density at radius 1 is 1.23 bits per heavy atom. The highest BCUT2D eigenvalue weighted by Crippen LogP contribution is 2.23. The summed E-state index contributed by atoms with van der Waals surface area (Å²) >= 11 is 0. The van der Waals surface area contributed by atoms with E-state index in [2.05, 4.69) is 20.4 Å². The average molecular weight is 178 g/mol. The van der Waals surface area contributed by atoms with Gasteiger partial charge in [-0.05, 0) is 24.1 Å². The lowest BCUT2D eigenvalue weighted by atomic mass is 10.1. The van der Waals surface area contributed by atoms with E-state index in [1.807, 2.05) is 12.2 Å². The van der Waals surface area contributed by atoms with Crippen molar-refractivity contribution in [1.29, 1.82) is 0 Å². The lowest BCUT2D eigenvalue weighted by molar-refractivity contribution is 0.273. The van der Waals surface area contributed by atoms with Gasteiger partial charge in [-0.1, -0.05) is 26.8 Å². The van der Waals surface area contributed by atoms with E-state index in [0.29, 0.717) is 0 Å². The zero-order valence-corrected chi connectivity index (χ0v) is 8.60. The first-order chi connectivity index (χ1) is 6.26. The van der Waals surface area contributed by atoms with Crippen molar-refractivity contribution in [2.24, 2.45) is 0 Å². The Labute approximate surface area is 80.8 Å². The molecule has 0 aromatic heterocycles. The topological polar surface area (TPSA) is 9.23 Å². The highest BCUT2D eigenvalue weighted by atomic mass is 16.5. The van der Waals surface area contributed by atoms with Gasteiger partial charge in [0.05, 0.1) is 0 Å². The Balaban J connectivity index is 2.53. The first-order valence-corrected chi connectivity index (χ1v) is 5.04. The van der Waals surface area contributed by atoms with E-state index in [1.165, 1.54) is 12.8 Å². The Hall–Kier alpha value is -0.980. The van der Waals surface area contributed by atoms with Crippen LogP contribution in [0.15, 0.2) is 35.8 Å². The van der Waals surface area contributed by atoms with E-state index < -0.39 is 0 Å². The van der Waals surface area contributed by atoms with Gasteiger partial charge in [-0.2, -0.15) is 0 Å². The molecule has 0 spiro atoms. The van der Waals surface area contributed by atoms with Gasteiger partial charge in [-0.3, -0.25) is 0 Å². The van der Waals surface area contributed by atoms with Crippen molar-refractivity contribution in [2.45, 2.75) is 39.5 Å². The Bertz CT molecular complexity index is 246. The van der Waals surface area contributed by atoms with Crippen LogP contribution in [0, 0.1) is 0 Å². The number of allylic oxidation sites excluding steroid dienone is 5. The molecule has 13 heavy (non-hydrogen) atoms. The number of unbranched alkanes of at least 4 members (excludes halogenated alkanes) is 1. The third-order valence-electron chi connectivity index (χ3n) is 2.08. The summed E-state index contributed by atoms with van der Waals surface area (Å²) in [7, 11) is 0. The molecule has 1 aliphatic rings. The van der Waals surface area contributed by atoms with Crippen LogP contribution in [0.3, 0.4) is 0 Å². The van der Waals surface area contributed by atoms with Crippen molar-refractivity contribution in [3.05, 3.63) is 35.8 Å². The van der Waals surface area contributed by atoms with E-state index >= 15 is 0 Å². The normalized spacial score (nSPS) is 16.3. The molecule has 0 N–H and O–H groups in total. The highest BCUT2D eigenvalue weighted by Gasteiger charge is 2.07.